The van der Waals surface area contributed by atoms with Crippen LogP contribution in [0.5, 0.6) is 0 Å². The molecule has 1 aromatic rings. The maximum atomic E-state index is 11.9. The van der Waals surface area contributed by atoms with Crippen molar-refractivity contribution in [2.45, 2.75) is 64.6 Å². The van der Waals surface area contributed by atoms with Crippen molar-refractivity contribution in [2.75, 3.05) is 6.54 Å². The predicted molar refractivity (Wildman–Crippen MR) is 96.2 cm³/mol. The summed E-state index contributed by atoms with van der Waals surface area (Å²) >= 11 is 7.64. The number of carbonyl (C=O) groups is 1. The average Bonchev–Trinajstić information content (AvgIpc) is 3.08. The molecule has 23 heavy (non-hydrogen) atoms. The molecule has 1 aliphatic rings. The fraction of sp³-hybridized carbons (Fsp3) is 0.706. The Balaban J connectivity index is 1.85. The molecule has 0 aliphatic heterocycles. The lowest BCUT2D eigenvalue weighted by molar-refractivity contribution is 0.0518. The van der Waals surface area contributed by atoms with Gasteiger partial charge >= 0.3 is 6.09 Å². The molecule has 1 aliphatic carbocycles. The number of ether oxygens (including phenoxy) is 1. The van der Waals surface area contributed by atoms with Crippen molar-refractivity contribution in [1.29, 1.82) is 0 Å². The zero-order valence-corrected chi connectivity index (χ0v) is 15.7. The van der Waals surface area contributed by atoms with Gasteiger partial charge in [-0.2, -0.15) is 0 Å². The predicted octanol–water partition coefficient (Wildman–Crippen LogP) is 4.57. The molecule has 1 unspecified atom stereocenters. The second-order valence-electron chi connectivity index (χ2n) is 7.15. The first-order valence-corrected chi connectivity index (χ1v) is 9.52. The number of rotatable bonds is 6. The van der Waals surface area contributed by atoms with Crippen LogP contribution in [0, 0.1) is 5.92 Å². The minimum atomic E-state index is -0.464. The van der Waals surface area contributed by atoms with E-state index < -0.39 is 5.60 Å². The summed E-state index contributed by atoms with van der Waals surface area (Å²) in [6, 6.07) is 2.26. The third kappa shape index (κ3) is 6.69. The molecule has 2 rings (SSSR count). The fourth-order valence-corrected chi connectivity index (χ4v) is 3.97. The summed E-state index contributed by atoms with van der Waals surface area (Å²) in [4.78, 5) is 13.1. The number of nitrogens with one attached hydrogen (secondary N) is 2. The van der Waals surface area contributed by atoms with Gasteiger partial charge in [0.1, 0.15) is 5.60 Å². The lowest BCUT2D eigenvalue weighted by atomic mass is 9.98. The van der Waals surface area contributed by atoms with Crippen molar-refractivity contribution in [2.24, 2.45) is 5.92 Å². The van der Waals surface area contributed by atoms with Crippen LogP contribution in [0.4, 0.5) is 4.79 Å². The van der Waals surface area contributed by atoms with E-state index in [1.54, 1.807) is 11.3 Å². The van der Waals surface area contributed by atoms with Gasteiger partial charge in [-0.3, -0.25) is 0 Å². The maximum absolute atomic E-state index is 11.9. The fourth-order valence-electron chi connectivity index (χ4n) is 2.95. The van der Waals surface area contributed by atoms with Gasteiger partial charge < -0.3 is 15.4 Å². The Morgan fingerprint density at radius 2 is 2.13 bits per heavy atom. The van der Waals surface area contributed by atoms with Gasteiger partial charge in [-0.05, 0) is 45.6 Å². The smallest absolute Gasteiger partial charge is 0.407 e. The van der Waals surface area contributed by atoms with Crippen molar-refractivity contribution >= 4 is 29.0 Å². The highest BCUT2D eigenvalue weighted by molar-refractivity contribution is 7.10. The molecular formula is C17H27ClN2O2S. The Hall–Kier alpha value is -0.780. The molecule has 1 atom stereocenters. The zero-order chi connectivity index (χ0) is 16.9. The normalized spacial score (nSPS) is 17.2. The van der Waals surface area contributed by atoms with Crippen molar-refractivity contribution in [3.05, 3.63) is 21.3 Å². The number of alkyl carbamates (subject to hydrolysis) is 1. The molecule has 130 valence electrons. The molecule has 0 aromatic carbocycles. The molecule has 1 heterocycles. The summed E-state index contributed by atoms with van der Waals surface area (Å²) in [6.45, 7) is 7.01. The van der Waals surface area contributed by atoms with Crippen LogP contribution < -0.4 is 10.6 Å². The summed E-state index contributed by atoms with van der Waals surface area (Å²) in [7, 11) is 0. The van der Waals surface area contributed by atoms with E-state index in [9.17, 15) is 4.79 Å². The molecule has 1 amide bonds. The highest BCUT2D eigenvalue weighted by Crippen LogP contribution is 2.28. The molecule has 0 radical (unpaired) electrons. The Kier molecular flexibility index (Phi) is 6.74. The summed E-state index contributed by atoms with van der Waals surface area (Å²) in [5.41, 5.74) is -0.464. The standard InChI is InChI=1S/C17H27ClN2O2S/c1-17(2,3)22-16(21)20-10-15(12-6-4-5-7-12)19-9-14-8-13(18)11-23-14/h8,11-12,15,19H,4-7,9-10H2,1-3H3,(H,20,21). The highest BCUT2D eigenvalue weighted by atomic mass is 35.5. The quantitative estimate of drug-likeness (QED) is 0.782. The van der Waals surface area contributed by atoms with E-state index in [2.05, 4.69) is 10.6 Å². The molecular weight excluding hydrogens is 332 g/mol. The van der Waals surface area contributed by atoms with Crippen LogP contribution in [0.2, 0.25) is 5.02 Å². The van der Waals surface area contributed by atoms with Crippen LogP contribution in [-0.2, 0) is 11.3 Å². The van der Waals surface area contributed by atoms with Crippen LogP contribution in [0.3, 0.4) is 0 Å². The van der Waals surface area contributed by atoms with Gasteiger partial charge in [-0.25, -0.2) is 4.79 Å². The number of amides is 1. The largest absolute Gasteiger partial charge is 0.444 e. The van der Waals surface area contributed by atoms with Crippen LogP contribution >= 0.6 is 22.9 Å². The first-order valence-electron chi connectivity index (χ1n) is 8.26. The van der Waals surface area contributed by atoms with E-state index in [1.807, 2.05) is 32.2 Å². The zero-order valence-electron chi connectivity index (χ0n) is 14.2. The minimum absolute atomic E-state index is 0.269. The molecule has 4 nitrogen and oxygen atoms in total. The summed E-state index contributed by atoms with van der Waals surface area (Å²) in [6.07, 6.45) is 4.65. The second kappa shape index (κ2) is 8.36. The van der Waals surface area contributed by atoms with Crippen molar-refractivity contribution in [1.82, 2.24) is 10.6 Å². The third-order valence-corrected chi connectivity index (χ3v) is 5.28. The molecule has 6 heteroatoms. The van der Waals surface area contributed by atoms with E-state index in [0.717, 1.165) is 11.6 Å². The summed E-state index contributed by atoms with van der Waals surface area (Å²) in [5.74, 6) is 0.611. The monoisotopic (exact) mass is 358 g/mol. The number of halogens is 1. The van der Waals surface area contributed by atoms with Crippen molar-refractivity contribution in [3.63, 3.8) is 0 Å². The average molecular weight is 359 g/mol. The molecule has 2 N–H and O–H groups in total. The van der Waals surface area contributed by atoms with E-state index in [4.69, 9.17) is 16.3 Å². The summed E-state index contributed by atoms with van der Waals surface area (Å²) in [5, 5.41) is 9.24. The topological polar surface area (TPSA) is 50.4 Å². The SMILES string of the molecule is CC(C)(C)OC(=O)NCC(NCc1cc(Cl)cs1)C1CCCC1. The summed E-state index contributed by atoms with van der Waals surface area (Å²) < 4.78 is 5.32. The molecule has 1 fully saturated rings. The first kappa shape index (κ1) is 18.6. The number of hydrogen-bond acceptors (Lipinski definition) is 4. The van der Waals surface area contributed by atoms with Crippen molar-refractivity contribution in [3.8, 4) is 0 Å². The highest BCUT2D eigenvalue weighted by Gasteiger charge is 2.26. The van der Waals surface area contributed by atoms with E-state index in [1.165, 1.54) is 30.6 Å². The second-order valence-corrected chi connectivity index (χ2v) is 8.58. The third-order valence-electron chi connectivity index (χ3n) is 3.99. The van der Waals surface area contributed by atoms with E-state index in [-0.39, 0.29) is 12.1 Å². The van der Waals surface area contributed by atoms with Crippen LogP contribution in [0.25, 0.3) is 0 Å². The molecule has 0 bridgehead atoms. The molecule has 0 saturated heterocycles. The molecule has 1 saturated carbocycles. The lowest BCUT2D eigenvalue weighted by Gasteiger charge is -2.26. The van der Waals surface area contributed by atoms with Gasteiger partial charge in [-0.1, -0.05) is 24.4 Å². The van der Waals surface area contributed by atoms with Gasteiger partial charge in [0.15, 0.2) is 0 Å². The van der Waals surface area contributed by atoms with Gasteiger partial charge in [0.25, 0.3) is 0 Å². The maximum Gasteiger partial charge on any atom is 0.407 e. The number of hydrogen-bond donors (Lipinski definition) is 2. The Labute approximate surface area is 147 Å². The number of thiophene rings is 1. The van der Waals surface area contributed by atoms with Crippen LogP contribution in [0.1, 0.15) is 51.3 Å². The van der Waals surface area contributed by atoms with Gasteiger partial charge in [0.05, 0.1) is 5.02 Å². The lowest BCUT2D eigenvalue weighted by Crippen LogP contribution is -2.45. The minimum Gasteiger partial charge on any atom is -0.444 e. The van der Waals surface area contributed by atoms with E-state index >= 15 is 0 Å². The van der Waals surface area contributed by atoms with Gasteiger partial charge in [0.2, 0.25) is 0 Å². The molecule has 0 spiro atoms. The van der Waals surface area contributed by atoms with Crippen molar-refractivity contribution < 1.29 is 9.53 Å². The van der Waals surface area contributed by atoms with Gasteiger partial charge in [0, 0.05) is 29.4 Å². The Morgan fingerprint density at radius 1 is 1.43 bits per heavy atom. The van der Waals surface area contributed by atoms with Crippen LogP contribution in [-0.4, -0.2) is 24.3 Å². The number of carbonyl (C=O) groups excluding carboxylic acids is 1. The Morgan fingerprint density at radius 3 is 2.70 bits per heavy atom. The Bertz CT molecular complexity index is 507. The van der Waals surface area contributed by atoms with Gasteiger partial charge in [-0.15, -0.1) is 11.3 Å². The first-order chi connectivity index (χ1) is 10.8. The van der Waals surface area contributed by atoms with E-state index in [0.29, 0.717) is 12.5 Å². The van der Waals surface area contributed by atoms with Crippen LogP contribution in [0.15, 0.2) is 11.4 Å². The molecule has 1 aromatic heterocycles.